The normalized spacial score (nSPS) is 24.9. The molecule has 2 aliphatic rings. The van der Waals surface area contributed by atoms with Gasteiger partial charge < -0.3 is 10.2 Å². The lowest BCUT2D eigenvalue weighted by Crippen LogP contribution is -2.52. The lowest BCUT2D eigenvalue weighted by molar-refractivity contribution is -0.134. The number of fused-ring (bicyclic) bond motifs is 1. The van der Waals surface area contributed by atoms with Crippen molar-refractivity contribution < 1.29 is 4.79 Å². The van der Waals surface area contributed by atoms with E-state index in [9.17, 15) is 4.79 Å². The highest BCUT2D eigenvalue weighted by atomic mass is 35.5. The Morgan fingerprint density at radius 1 is 1.38 bits per heavy atom. The average molecular weight is 309 g/mol. The van der Waals surface area contributed by atoms with Gasteiger partial charge in [0.15, 0.2) is 0 Å². The fourth-order valence-corrected chi connectivity index (χ4v) is 3.61. The van der Waals surface area contributed by atoms with Crippen LogP contribution in [0.4, 0.5) is 0 Å². The van der Waals surface area contributed by atoms with Crippen molar-refractivity contribution in [2.75, 3.05) is 19.6 Å². The summed E-state index contributed by atoms with van der Waals surface area (Å²) in [5.74, 6) is 0.759. The first-order valence-corrected chi connectivity index (χ1v) is 7.83. The molecule has 4 heteroatoms. The fraction of sp³-hybridized carbons (Fsp3) is 0.588. The molecule has 1 aromatic rings. The van der Waals surface area contributed by atoms with Crippen molar-refractivity contribution in [2.45, 2.75) is 44.6 Å². The van der Waals surface area contributed by atoms with E-state index < -0.39 is 0 Å². The van der Waals surface area contributed by atoms with E-state index in [1.54, 1.807) is 0 Å². The minimum atomic E-state index is 0. The molecule has 1 aliphatic carbocycles. The van der Waals surface area contributed by atoms with Crippen molar-refractivity contribution >= 4 is 18.3 Å². The maximum Gasteiger partial charge on any atom is 0.223 e. The number of aryl methyl sites for hydroxylation is 1. The first kappa shape index (κ1) is 16.3. The second kappa shape index (κ2) is 7.28. The van der Waals surface area contributed by atoms with Gasteiger partial charge in [0.05, 0.1) is 0 Å². The van der Waals surface area contributed by atoms with Crippen LogP contribution in [0.3, 0.4) is 0 Å². The standard InChI is InChI=1S/C17H24N2O.ClH/c1-13-12-18-9-10-19(13)17(20)11-15-7-4-6-14-5-2-3-8-16(14)15;/h2-3,5,8,13,15,18H,4,6-7,9-12H2,1H3;1H/t13-,15?;/m1./s1. The molecule has 1 fully saturated rings. The third kappa shape index (κ3) is 3.58. The molecule has 2 atom stereocenters. The van der Waals surface area contributed by atoms with Crippen LogP contribution in [-0.2, 0) is 11.2 Å². The summed E-state index contributed by atoms with van der Waals surface area (Å²) in [5, 5.41) is 3.34. The number of amides is 1. The van der Waals surface area contributed by atoms with Crippen LogP contribution in [0.1, 0.15) is 43.2 Å². The van der Waals surface area contributed by atoms with Crippen molar-refractivity contribution in [3.05, 3.63) is 35.4 Å². The minimum absolute atomic E-state index is 0. The molecule has 0 saturated carbocycles. The van der Waals surface area contributed by atoms with Gasteiger partial charge in [-0.2, -0.15) is 0 Å². The zero-order valence-electron chi connectivity index (χ0n) is 12.7. The molecule has 3 rings (SSSR count). The fourth-order valence-electron chi connectivity index (χ4n) is 3.61. The van der Waals surface area contributed by atoms with Crippen molar-refractivity contribution in [2.24, 2.45) is 0 Å². The van der Waals surface area contributed by atoms with E-state index in [2.05, 4.69) is 41.4 Å². The molecule has 0 aromatic heterocycles. The lowest BCUT2D eigenvalue weighted by Gasteiger charge is -2.35. The van der Waals surface area contributed by atoms with Crippen molar-refractivity contribution in [1.29, 1.82) is 0 Å². The van der Waals surface area contributed by atoms with E-state index in [0.29, 0.717) is 24.3 Å². The Kier molecular flexibility index (Phi) is 5.65. The predicted octanol–water partition coefficient (Wildman–Crippen LogP) is 2.74. The minimum Gasteiger partial charge on any atom is -0.337 e. The molecule has 1 saturated heterocycles. The number of nitrogens with zero attached hydrogens (tertiary/aromatic N) is 1. The SMILES string of the molecule is C[C@@H]1CNCCN1C(=O)CC1CCCc2ccccc21.Cl. The first-order valence-electron chi connectivity index (χ1n) is 7.83. The number of benzene rings is 1. The van der Waals surface area contributed by atoms with Gasteiger partial charge in [0.25, 0.3) is 0 Å². The van der Waals surface area contributed by atoms with Gasteiger partial charge in [0, 0.05) is 32.1 Å². The number of carbonyl (C=O) groups excluding carboxylic acids is 1. The van der Waals surface area contributed by atoms with E-state index in [4.69, 9.17) is 0 Å². The van der Waals surface area contributed by atoms with Gasteiger partial charge in [-0.1, -0.05) is 24.3 Å². The molecule has 21 heavy (non-hydrogen) atoms. The Balaban J connectivity index is 0.00000161. The first-order chi connectivity index (χ1) is 9.75. The molecule has 1 aliphatic heterocycles. The van der Waals surface area contributed by atoms with Gasteiger partial charge in [0.2, 0.25) is 5.91 Å². The number of carbonyl (C=O) groups is 1. The molecule has 1 N–H and O–H groups in total. The molecule has 0 radical (unpaired) electrons. The number of halogens is 1. The largest absolute Gasteiger partial charge is 0.337 e. The van der Waals surface area contributed by atoms with Crippen molar-refractivity contribution in [3.63, 3.8) is 0 Å². The van der Waals surface area contributed by atoms with Crippen LogP contribution in [0.25, 0.3) is 0 Å². The van der Waals surface area contributed by atoms with Crippen molar-refractivity contribution in [1.82, 2.24) is 10.2 Å². The van der Waals surface area contributed by atoms with E-state index >= 15 is 0 Å². The highest BCUT2D eigenvalue weighted by molar-refractivity contribution is 5.85. The zero-order chi connectivity index (χ0) is 13.9. The van der Waals surface area contributed by atoms with Crippen molar-refractivity contribution in [3.8, 4) is 0 Å². The van der Waals surface area contributed by atoms with Gasteiger partial charge >= 0.3 is 0 Å². The quantitative estimate of drug-likeness (QED) is 0.911. The predicted molar refractivity (Wildman–Crippen MR) is 88.0 cm³/mol. The van der Waals surface area contributed by atoms with Gasteiger partial charge in [0.1, 0.15) is 0 Å². The third-order valence-electron chi connectivity index (χ3n) is 4.74. The molecule has 1 aromatic carbocycles. The Labute approximate surface area is 133 Å². The Bertz CT molecular complexity index is 491. The van der Waals surface area contributed by atoms with E-state index in [-0.39, 0.29) is 12.4 Å². The molecule has 116 valence electrons. The van der Waals surface area contributed by atoms with E-state index in [1.807, 2.05) is 0 Å². The maximum atomic E-state index is 12.6. The van der Waals surface area contributed by atoms with E-state index in [1.165, 1.54) is 24.0 Å². The summed E-state index contributed by atoms with van der Waals surface area (Å²) < 4.78 is 0. The molecule has 0 bridgehead atoms. The van der Waals surface area contributed by atoms with Crippen LogP contribution < -0.4 is 5.32 Å². The summed E-state index contributed by atoms with van der Waals surface area (Å²) in [6.45, 7) is 4.84. The summed E-state index contributed by atoms with van der Waals surface area (Å²) in [5.41, 5.74) is 2.86. The number of hydrogen-bond donors (Lipinski definition) is 1. The van der Waals surface area contributed by atoms with Gasteiger partial charge in [-0.3, -0.25) is 4.79 Å². The molecule has 0 spiro atoms. The molecule has 1 heterocycles. The second-order valence-electron chi connectivity index (χ2n) is 6.13. The van der Waals surface area contributed by atoms with Crippen LogP contribution in [0.15, 0.2) is 24.3 Å². The monoisotopic (exact) mass is 308 g/mol. The lowest BCUT2D eigenvalue weighted by atomic mass is 9.81. The summed E-state index contributed by atoms with van der Waals surface area (Å²) >= 11 is 0. The molecule has 3 nitrogen and oxygen atoms in total. The smallest absolute Gasteiger partial charge is 0.223 e. The van der Waals surface area contributed by atoms with Gasteiger partial charge in [-0.25, -0.2) is 0 Å². The molecule has 1 amide bonds. The Hall–Kier alpha value is -1.06. The topological polar surface area (TPSA) is 32.3 Å². The van der Waals surface area contributed by atoms with Crippen LogP contribution in [0.5, 0.6) is 0 Å². The summed E-state index contributed by atoms with van der Waals surface area (Å²) in [7, 11) is 0. The molecule has 1 unspecified atom stereocenters. The highest BCUT2D eigenvalue weighted by Gasteiger charge is 2.27. The molecular weight excluding hydrogens is 284 g/mol. The van der Waals surface area contributed by atoms with Crippen LogP contribution >= 0.6 is 12.4 Å². The number of rotatable bonds is 2. The van der Waals surface area contributed by atoms with Gasteiger partial charge in [-0.05, 0) is 43.2 Å². The number of nitrogens with one attached hydrogen (secondary N) is 1. The second-order valence-corrected chi connectivity index (χ2v) is 6.13. The number of hydrogen-bond acceptors (Lipinski definition) is 2. The maximum absolute atomic E-state index is 12.6. The summed E-state index contributed by atoms with van der Waals surface area (Å²) in [6.07, 6.45) is 4.22. The Morgan fingerprint density at radius 2 is 2.19 bits per heavy atom. The van der Waals surface area contributed by atoms with E-state index in [0.717, 1.165) is 26.1 Å². The van der Waals surface area contributed by atoms with Crippen LogP contribution in [0.2, 0.25) is 0 Å². The summed E-state index contributed by atoms with van der Waals surface area (Å²) in [4.78, 5) is 14.6. The molecular formula is C17H25ClN2O. The van der Waals surface area contributed by atoms with Crippen LogP contribution in [-0.4, -0.2) is 36.5 Å². The number of piperazine rings is 1. The third-order valence-corrected chi connectivity index (χ3v) is 4.74. The summed E-state index contributed by atoms with van der Waals surface area (Å²) in [6, 6.07) is 8.99. The van der Waals surface area contributed by atoms with Gasteiger partial charge in [-0.15, -0.1) is 12.4 Å². The average Bonchev–Trinajstić information content (AvgIpc) is 2.48. The zero-order valence-corrected chi connectivity index (χ0v) is 13.5. The Morgan fingerprint density at radius 3 is 3.00 bits per heavy atom. The van der Waals surface area contributed by atoms with Crippen LogP contribution in [0, 0.1) is 0 Å². The highest BCUT2D eigenvalue weighted by Crippen LogP contribution is 2.34.